The molecule has 0 aromatic carbocycles. The van der Waals surface area contributed by atoms with Gasteiger partial charge in [-0.1, -0.05) is 19.1 Å². The van der Waals surface area contributed by atoms with Gasteiger partial charge in [-0.3, -0.25) is 0 Å². The first kappa shape index (κ1) is 7.76. The molecule has 1 aliphatic rings. The van der Waals surface area contributed by atoms with Gasteiger partial charge in [0.15, 0.2) is 5.79 Å². The van der Waals surface area contributed by atoms with E-state index in [9.17, 15) is 0 Å². The van der Waals surface area contributed by atoms with Crippen molar-refractivity contribution in [1.82, 2.24) is 0 Å². The minimum atomic E-state index is -0.358. The van der Waals surface area contributed by atoms with Crippen molar-refractivity contribution in [3.63, 3.8) is 0 Å². The SMILES string of the molecule is CCC1(C)OCC=CCO1. The van der Waals surface area contributed by atoms with Crippen LogP contribution in [0.25, 0.3) is 0 Å². The lowest BCUT2D eigenvalue weighted by Gasteiger charge is -2.26. The zero-order valence-corrected chi connectivity index (χ0v) is 6.59. The fourth-order valence-electron chi connectivity index (χ4n) is 0.831. The third-order valence-corrected chi connectivity index (χ3v) is 1.78. The van der Waals surface area contributed by atoms with E-state index in [0.29, 0.717) is 13.2 Å². The van der Waals surface area contributed by atoms with Gasteiger partial charge in [0.1, 0.15) is 0 Å². The molecule has 0 unspecified atom stereocenters. The predicted molar refractivity (Wildman–Crippen MR) is 39.7 cm³/mol. The molecule has 0 amide bonds. The van der Waals surface area contributed by atoms with E-state index in [1.807, 2.05) is 19.1 Å². The quantitative estimate of drug-likeness (QED) is 0.519. The van der Waals surface area contributed by atoms with Gasteiger partial charge >= 0.3 is 0 Å². The summed E-state index contributed by atoms with van der Waals surface area (Å²) in [6.07, 6.45) is 4.87. The third kappa shape index (κ3) is 1.82. The molecule has 1 heterocycles. The highest BCUT2D eigenvalue weighted by atomic mass is 16.7. The molecule has 10 heavy (non-hydrogen) atoms. The summed E-state index contributed by atoms with van der Waals surface area (Å²) in [6, 6.07) is 0. The second-order valence-electron chi connectivity index (χ2n) is 2.58. The van der Waals surface area contributed by atoms with E-state index < -0.39 is 0 Å². The zero-order valence-electron chi connectivity index (χ0n) is 6.59. The van der Waals surface area contributed by atoms with Crippen molar-refractivity contribution in [2.45, 2.75) is 26.1 Å². The first-order valence-corrected chi connectivity index (χ1v) is 3.70. The van der Waals surface area contributed by atoms with E-state index >= 15 is 0 Å². The van der Waals surface area contributed by atoms with Crippen molar-refractivity contribution >= 4 is 0 Å². The second kappa shape index (κ2) is 3.17. The summed E-state index contributed by atoms with van der Waals surface area (Å²) in [5, 5.41) is 0. The van der Waals surface area contributed by atoms with Crippen LogP contribution < -0.4 is 0 Å². The third-order valence-electron chi connectivity index (χ3n) is 1.78. The Morgan fingerprint density at radius 3 is 2.20 bits per heavy atom. The summed E-state index contributed by atoms with van der Waals surface area (Å²) in [4.78, 5) is 0. The minimum absolute atomic E-state index is 0.358. The molecule has 58 valence electrons. The monoisotopic (exact) mass is 142 g/mol. The molecule has 0 aliphatic carbocycles. The Balaban J connectivity index is 2.47. The largest absolute Gasteiger partial charge is 0.346 e. The Hall–Kier alpha value is -0.340. The topological polar surface area (TPSA) is 18.5 Å². The van der Waals surface area contributed by atoms with E-state index in [1.165, 1.54) is 0 Å². The van der Waals surface area contributed by atoms with Crippen LogP contribution in [-0.4, -0.2) is 19.0 Å². The van der Waals surface area contributed by atoms with Crippen LogP contribution in [0.15, 0.2) is 12.2 Å². The number of hydrogen-bond donors (Lipinski definition) is 0. The Morgan fingerprint density at radius 2 is 1.80 bits per heavy atom. The molecule has 2 heteroatoms. The molecule has 0 saturated carbocycles. The number of rotatable bonds is 1. The molecule has 0 aromatic rings. The van der Waals surface area contributed by atoms with Crippen LogP contribution in [0.2, 0.25) is 0 Å². The summed E-state index contributed by atoms with van der Waals surface area (Å²) in [5.41, 5.74) is 0. The molecular formula is C8H14O2. The van der Waals surface area contributed by atoms with E-state index in [4.69, 9.17) is 9.47 Å². The van der Waals surface area contributed by atoms with E-state index in [2.05, 4.69) is 6.92 Å². The van der Waals surface area contributed by atoms with Crippen molar-refractivity contribution in [1.29, 1.82) is 0 Å². The first-order chi connectivity index (χ1) is 4.77. The summed E-state index contributed by atoms with van der Waals surface area (Å²) >= 11 is 0. The van der Waals surface area contributed by atoms with E-state index in [1.54, 1.807) is 0 Å². The van der Waals surface area contributed by atoms with Crippen LogP contribution in [0.5, 0.6) is 0 Å². The molecule has 0 radical (unpaired) electrons. The molecular weight excluding hydrogens is 128 g/mol. The van der Waals surface area contributed by atoms with Gasteiger partial charge in [0.05, 0.1) is 13.2 Å². The van der Waals surface area contributed by atoms with E-state index in [-0.39, 0.29) is 5.79 Å². The van der Waals surface area contributed by atoms with Crippen molar-refractivity contribution in [3.8, 4) is 0 Å². The summed E-state index contributed by atoms with van der Waals surface area (Å²) in [7, 11) is 0. The van der Waals surface area contributed by atoms with Crippen LogP contribution in [-0.2, 0) is 9.47 Å². The van der Waals surface area contributed by atoms with Crippen molar-refractivity contribution in [2.75, 3.05) is 13.2 Å². The molecule has 1 rings (SSSR count). The average molecular weight is 142 g/mol. The van der Waals surface area contributed by atoms with Crippen LogP contribution in [0, 0.1) is 0 Å². The normalized spacial score (nSPS) is 24.2. The molecule has 1 aliphatic heterocycles. The summed E-state index contributed by atoms with van der Waals surface area (Å²) in [6.45, 7) is 5.37. The summed E-state index contributed by atoms with van der Waals surface area (Å²) in [5.74, 6) is -0.358. The second-order valence-corrected chi connectivity index (χ2v) is 2.58. The maximum absolute atomic E-state index is 5.43. The van der Waals surface area contributed by atoms with Crippen molar-refractivity contribution < 1.29 is 9.47 Å². The predicted octanol–water partition coefficient (Wildman–Crippen LogP) is 1.72. The van der Waals surface area contributed by atoms with Crippen molar-refractivity contribution in [2.24, 2.45) is 0 Å². The smallest absolute Gasteiger partial charge is 0.166 e. The lowest BCUT2D eigenvalue weighted by Crippen LogP contribution is -2.30. The highest BCUT2D eigenvalue weighted by molar-refractivity contribution is 4.85. The van der Waals surface area contributed by atoms with Gasteiger partial charge in [-0.15, -0.1) is 0 Å². The van der Waals surface area contributed by atoms with Crippen molar-refractivity contribution in [3.05, 3.63) is 12.2 Å². The molecule has 0 atom stereocenters. The highest BCUT2D eigenvalue weighted by Gasteiger charge is 2.23. The Bertz CT molecular complexity index is 119. The van der Waals surface area contributed by atoms with Gasteiger partial charge in [-0.05, 0) is 13.3 Å². The minimum Gasteiger partial charge on any atom is -0.346 e. The molecule has 0 bridgehead atoms. The summed E-state index contributed by atoms with van der Waals surface area (Å²) < 4.78 is 10.9. The maximum atomic E-state index is 5.43. The Morgan fingerprint density at radius 1 is 1.30 bits per heavy atom. The van der Waals surface area contributed by atoms with Gasteiger partial charge in [-0.2, -0.15) is 0 Å². The van der Waals surface area contributed by atoms with E-state index in [0.717, 1.165) is 6.42 Å². The lowest BCUT2D eigenvalue weighted by molar-refractivity contribution is -0.210. The van der Waals surface area contributed by atoms with Gasteiger partial charge in [-0.25, -0.2) is 0 Å². The van der Waals surface area contributed by atoms with Crippen LogP contribution in [0.1, 0.15) is 20.3 Å². The first-order valence-electron chi connectivity index (χ1n) is 3.70. The number of ether oxygens (including phenoxy) is 2. The molecule has 2 nitrogen and oxygen atoms in total. The van der Waals surface area contributed by atoms with Crippen LogP contribution in [0.3, 0.4) is 0 Å². The van der Waals surface area contributed by atoms with Gasteiger partial charge in [0.25, 0.3) is 0 Å². The molecule has 0 N–H and O–H groups in total. The Kier molecular flexibility index (Phi) is 2.46. The maximum Gasteiger partial charge on any atom is 0.166 e. The molecule has 0 fully saturated rings. The average Bonchev–Trinajstić information content (AvgIpc) is 2.15. The zero-order chi connectivity index (χ0) is 7.45. The van der Waals surface area contributed by atoms with Crippen LogP contribution in [0.4, 0.5) is 0 Å². The fourth-order valence-corrected chi connectivity index (χ4v) is 0.831. The number of hydrogen-bond acceptors (Lipinski definition) is 2. The standard InChI is InChI=1S/C8H14O2/c1-3-8(2)9-6-4-5-7-10-8/h4-5H,3,6-7H2,1-2H3. The van der Waals surface area contributed by atoms with Gasteiger partial charge in [0, 0.05) is 0 Å². The molecule has 0 aromatic heterocycles. The molecule has 0 spiro atoms. The Labute approximate surface area is 61.8 Å². The fraction of sp³-hybridized carbons (Fsp3) is 0.750. The van der Waals surface area contributed by atoms with Gasteiger partial charge in [0.2, 0.25) is 0 Å². The van der Waals surface area contributed by atoms with Gasteiger partial charge < -0.3 is 9.47 Å². The molecule has 0 saturated heterocycles. The lowest BCUT2D eigenvalue weighted by atomic mass is 10.2. The van der Waals surface area contributed by atoms with Crippen LogP contribution >= 0.6 is 0 Å². The highest BCUT2D eigenvalue weighted by Crippen LogP contribution is 2.18.